The van der Waals surface area contributed by atoms with E-state index in [1.54, 1.807) is 7.11 Å². The van der Waals surface area contributed by atoms with Crippen molar-refractivity contribution in [2.75, 3.05) is 34.2 Å². The van der Waals surface area contributed by atoms with Crippen LogP contribution in [0.1, 0.15) is 44.8 Å². The molecule has 0 fully saturated rings. The lowest BCUT2D eigenvalue weighted by molar-refractivity contribution is -0.174. The lowest BCUT2D eigenvalue weighted by Gasteiger charge is -2.31. The molecule has 7 heteroatoms. The van der Waals surface area contributed by atoms with Gasteiger partial charge in [-0.3, -0.25) is 4.79 Å². The number of fused-ring (bicyclic) bond motifs is 1. The van der Waals surface area contributed by atoms with Crippen molar-refractivity contribution in [3.8, 4) is 0 Å². The van der Waals surface area contributed by atoms with Crippen LogP contribution in [0, 0.1) is 0 Å². The van der Waals surface area contributed by atoms with Crippen LogP contribution < -0.4 is 0 Å². The van der Waals surface area contributed by atoms with E-state index in [1.165, 1.54) is 14.0 Å². The third-order valence-electron chi connectivity index (χ3n) is 5.00. The normalized spacial score (nSPS) is 14.1. The zero-order chi connectivity index (χ0) is 22.7. The molecule has 0 aliphatic carbocycles. The Morgan fingerprint density at radius 1 is 1.00 bits per heavy atom. The third-order valence-corrected chi connectivity index (χ3v) is 5.00. The SMILES string of the molecule is COCOCCC[C@](C)(CCOC(C)=O)OC(=O)C(OC)c1ccc2ccccc2c1. The quantitative estimate of drug-likeness (QED) is 0.267. The van der Waals surface area contributed by atoms with E-state index in [4.69, 9.17) is 23.7 Å². The van der Waals surface area contributed by atoms with Crippen molar-refractivity contribution in [3.05, 3.63) is 48.0 Å². The number of esters is 2. The van der Waals surface area contributed by atoms with Crippen LogP contribution >= 0.6 is 0 Å². The maximum Gasteiger partial charge on any atom is 0.340 e. The van der Waals surface area contributed by atoms with Crippen molar-refractivity contribution in [2.24, 2.45) is 0 Å². The van der Waals surface area contributed by atoms with E-state index < -0.39 is 17.7 Å². The lowest BCUT2D eigenvalue weighted by atomic mass is 9.95. The Morgan fingerprint density at radius 2 is 1.74 bits per heavy atom. The van der Waals surface area contributed by atoms with Crippen LogP contribution in [0.3, 0.4) is 0 Å². The van der Waals surface area contributed by atoms with Crippen LogP contribution in [0.2, 0.25) is 0 Å². The minimum absolute atomic E-state index is 0.158. The predicted molar refractivity (Wildman–Crippen MR) is 117 cm³/mol. The molecule has 0 aliphatic rings. The maximum absolute atomic E-state index is 13.1. The Kier molecular flexibility index (Phi) is 9.91. The highest BCUT2D eigenvalue weighted by Gasteiger charge is 2.33. The second-order valence-corrected chi connectivity index (χ2v) is 7.60. The molecule has 2 aromatic carbocycles. The molecule has 31 heavy (non-hydrogen) atoms. The van der Waals surface area contributed by atoms with Crippen molar-refractivity contribution >= 4 is 22.7 Å². The summed E-state index contributed by atoms with van der Waals surface area (Å²) in [7, 11) is 3.04. The lowest BCUT2D eigenvalue weighted by Crippen LogP contribution is -2.36. The standard InChI is InChI=1S/C24H32O7/c1-18(25)30-15-13-24(2,12-7-14-29-17-27-3)31-23(26)22(28-4)21-11-10-19-8-5-6-9-20(19)16-21/h5-6,8-11,16,22H,7,12-15,17H2,1-4H3/t22?,24-/m1/s1. The first-order chi connectivity index (χ1) is 14.9. The summed E-state index contributed by atoms with van der Waals surface area (Å²) < 4.78 is 26.7. The summed E-state index contributed by atoms with van der Waals surface area (Å²) in [6.45, 7) is 4.01. The molecule has 0 aliphatic heterocycles. The van der Waals surface area contributed by atoms with Crippen LogP contribution in [0.5, 0.6) is 0 Å². The summed E-state index contributed by atoms with van der Waals surface area (Å²) in [5, 5.41) is 2.10. The van der Waals surface area contributed by atoms with Gasteiger partial charge in [0.25, 0.3) is 0 Å². The number of carbonyl (C=O) groups excluding carboxylic acids is 2. The third kappa shape index (κ3) is 7.94. The van der Waals surface area contributed by atoms with Crippen molar-refractivity contribution in [3.63, 3.8) is 0 Å². The number of rotatable bonds is 13. The van der Waals surface area contributed by atoms with Gasteiger partial charge in [0, 0.05) is 34.2 Å². The highest BCUT2D eigenvalue weighted by atomic mass is 16.7. The monoisotopic (exact) mass is 432 g/mol. The first-order valence-corrected chi connectivity index (χ1v) is 10.3. The van der Waals surface area contributed by atoms with Crippen molar-refractivity contribution < 1.29 is 33.3 Å². The minimum atomic E-state index is -0.859. The Bertz CT molecular complexity index is 851. The fourth-order valence-corrected chi connectivity index (χ4v) is 3.36. The molecule has 0 amide bonds. The van der Waals surface area contributed by atoms with Gasteiger partial charge in [-0.1, -0.05) is 36.4 Å². The van der Waals surface area contributed by atoms with Crippen LogP contribution in [0.4, 0.5) is 0 Å². The molecule has 1 unspecified atom stereocenters. The fraction of sp³-hybridized carbons (Fsp3) is 0.500. The van der Waals surface area contributed by atoms with Gasteiger partial charge in [-0.2, -0.15) is 0 Å². The molecule has 0 heterocycles. The molecule has 0 spiro atoms. The average molecular weight is 433 g/mol. The van der Waals surface area contributed by atoms with Gasteiger partial charge in [0.15, 0.2) is 6.10 Å². The van der Waals surface area contributed by atoms with E-state index in [2.05, 4.69) is 0 Å². The van der Waals surface area contributed by atoms with Crippen LogP contribution in [-0.4, -0.2) is 51.8 Å². The Balaban J connectivity index is 2.10. The maximum atomic E-state index is 13.1. The highest BCUT2D eigenvalue weighted by molar-refractivity contribution is 5.85. The molecule has 0 N–H and O–H groups in total. The number of carbonyl (C=O) groups is 2. The van der Waals surface area contributed by atoms with Gasteiger partial charge in [0.1, 0.15) is 12.4 Å². The smallest absolute Gasteiger partial charge is 0.340 e. The van der Waals surface area contributed by atoms with E-state index in [0.717, 1.165) is 16.3 Å². The van der Waals surface area contributed by atoms with Gasteiger partial charge in [0.05, 0.1) is 6.61 Å². The molecule has 170 valence electrons. The molecular formula is C24H32O7. The average Bonchev–Trinajstić information content (AvgIpc) is 2.73. The van der Waals surface area contributed by atoms with E-state index >= 15 is 0 Å². The molecule has 0 saturated carbocycles. The van der Waals surface area contributed by atoms with Crippen LogP contribution in [0.15, 0.2) is 42.5 Å². The summed E-state index contributed by atoms with van der Waals surface area (Å²) in [5.41, 5.74) is -0.117. The Labute approximate surface area is 183 Å². The van der Waals surface area contributed by atoms with Crippen molar-refractivity contribution in [2.45, 2.75) is 44.8 Å². The molecule has 2 aromatic rings. The van der Waals surface area contributed by atoms with Gasteiger partial charge in [0.2, 0.25) is 0 Å². The van der Waals surface area contributed by atoms with Crippen molar-refractivity contribution in [1.82, 2.24) is 0 Å². The summed E-state index contributed by atoms with van der Waals surface area (Å²) >= 11 is 0. The zero-order valence-electron chi connectivity index (χ0n) is 18.7. The van der Waals surface area contributed by atoms with Crippen molar-refractivity contribution in [1.29, 1.82) is 0 Å². The van der Waals surface area contributed by atoms with E-state index in [-0.39, 0.29) is 19.4 Å². The Hall–Kier alpha value is -2.48. The van der Waals surface area contributed by atoms with Gasteiger partial charge in [-0.05, 0) is 42.2 Å². The van der Waals surface area contributed by atoms with Gasteiger partial charge < -0.3 is 23.7 Å². The summed E-state index contributed by atoms with van der Waals surface area (Å²) in [6, 6.07) is 13.7. The molecule has 2 rings (SSSR count). The molecular weight excluding hydrogens is 400 g/mol. The fourth-order valence-electron chi connectivity index (χ4n) is 3.36. The van der Waals surface area contributed by atoms with Crippen LogP contribution in [-0.2, 0) is 33.3 Å². The van der Waals surface area contributed by atoms with Gasteiger partial charge >= 0.3 is 11.9 Å². The molecule has 0 aromatic heterocycles. The first-order valence-electron chi connectivity index (χ1n) is 10.3. The van der Waals surface area contributed by atoms with E-state index in [9.17, 15) is 9.59 Å². The molecule has 0 saturated heterocycles. The number of benzene rings is 2. The molecule has 0 radical (unpaired) electrons. The zero-order valence-corrected chi connectivity index (χ0v) is 18.7. The largest absolute Gasteiger partial charge is 0.466 e. The first kappa shape index (κ1) is 24.8. The van der Waals surface area contributed by atoms with Gasteiger partial charge in [-0.15, -0.1) is 0 Å². The summed E-state index contributed by atoms with van der Waals surface area (Å²) in [4.78, 5) is 24.2. The highest BCUT2D eigenvalue weighted by Crippen LogP contribution is 2.29. The Morgan fingerprint density at radius 3 is 2.42 bits per heavy atom. The van der Waals surface area contributed by atoms with Crippen LogP contribution in [0.25, 0.3) is 10.8 Å². The molecule has 2 atom stereocenters. The van der Waals surface area contributed by atoms with E-state index in [1.807, 2.05) is 49.4 Å². The van der Waals surface area contributed by atoms with E-state index in [0.29, 0.717) is 25.9 Å². The second kappa shape index (κ2) is 12.4. The number of ether oxygens (including phenoxy) is 5. The summed E-state index contributed by atoms with van der Waals surface area (Å²) in [5.74, 6) is -0.857. The second-order valence-electron chi connectivity index (χ2n) is 7.60. The molecule has 7 nitrogen and oxygen atoms in total. The molecule has 0 bridgehead atoms. The van der Waals surface area contributed by atoms with Gasteiger partial charge in [-0.25, -0.2) is 4.79 Å². The predicted octanol–water partition coefficient (Wildman–Crippen LogP) is 4.18. The number of methoxy groups -OCH3 is 2. The minimum Gasteiger partial charge on any atom is -0.466 e. The topological polar surface area (TPSA) is 80.3 Å². The number of hydrogen-bond donors (Lipinski definition) is 0. The number of hydrogen-bond acceptors (Lipinski definition) is 7. The summed E-state index contributed by atoms with van der Waals surface area (Å²) in [6.07, 6.45) is 0.706.